The summed E-state index contributed by atoms with van der Waals surface area (Å²) in [4.78, 5) is 18.9. The molecule has 3 aromatic heterocycles. The predicted molar refractivity (Wildman–Crippen MR) is 112 cm³/mol. The van der Waals surface area contributed by atoms with E-state index >= 15 is 0 Å². The summed E-state index contributed by atoms with van der Waals surface area (Å²) in [7, 11) is 0. The van der Waals surface area contributed by atoms with Gasteiger partial charge in [-0.25, -0.2) is 4.98 Å². The second kappa shape index (κ2) is 9.17. The molecule has 2 N–H and O–H groups in total. The summed E-state index contributed by atoms with van der Waals surface area (Å²) < 4.78 is 2.70. The molecule has 6 nitrogen and oxygen atoms in total. The van der Waals surface area contributed by atoms with E-state index in [4.69, 9.17) is 4.98 Å². The van der Waals surface area contributed by atoms with E-state index < -0.39 is 0 Å². The molecular weight excluding hydrogens is 406 g/mol. The lowest BCUT2D eigenvalue weighted by Gasteiger charge is -2.22. The Hall–Kier alpha value is -2.15. The zero-order valence-electron chi connectivity index (χ0n) is 15.8. The number of rotatable bonds is 4. The van der Waals surface area contributed by atoms with Crippen LogP contribution in [0.5, 0.6) is 0 Å². The normalized spacial score (nSPS) is 14.6. The minimum absolute atomic E-state index is 0.0936. The third kappa shape index (κ3) is 4.58. The van der Waals surface area contributed by atoms with Gasteiger partial charge in [0.05, 0.1) is 10.7 Å². The largest absolute Gasteiger partial charge is 0.366 e. The molecular formula is C20H26BrN5O. The first-order chi connectivity index (χ1) is 13.2. The van der Waals surface area contributed by atoms with Crippen LogP contribution in [0.25, 0.3) is 5.65 Å². The van der Waals surface area contributed by atoms with Gasteiger partial charge in [0.15, 0.2) is 5.65 Å². The van der Waals surface area contributed by atoms with Crippen molar-refractivity contribution in [3.8, 4) is 0 Å². The first kappa shape index (κ1) is 19.6. The Morgan fingerprint density at radius 3 is 2.78 bits per heavy atom. The third-order valence-corrected chi connectivity index (χ3v) is 5.34. The maximum atomic E-state index is 11.5. The topological polar surface area (TPSA) is 75.1 Å². The summed E-state index contributed by atoms with van der Waals surface area (Å²) in [5.74, 6) is 1.41. The van der Waals surface area contributed by atoms with Gasteiger partial charge >= 0.3 is 0 Å². The Labute approximate surface area is 167 Å². The number of hydrogen-bond donors (Lipinski definition) is 2. The van der Waals surface area contributed by atoms with E-state index in [9.17, 15) is 4.79 Å². The molecule has 3 aromatic rings. The zero-order valence-corrected chi connectivity index (χ0v) is 17.4. The van der Waals surface area contributed by atoms with Crippen molar-refractivity contribution in [2.24, 2.45) is 0 Å². The summed E-state index contributed by atoms with van der Waals surface area (Å²) in [6.07, 6.45) is 9.69. The van der Waals surface area contributed by atoms with Crippen LogP contribution in [0.4, 0.5) is 5.82 Å². The molecule has 0 aromatic carbocycles. The predicted octanol–water partition coefficient (Wildman–Crippen LogP) is 4.87. The number of H-pyrrole nitrogens is 1. The molecule has 0 amide bonds. The van der Waals surface area contributed by atoms with E-state index in [0.29, 0.717) is 12.5 Å². The summed E-state index contributed by atoms with van der Waals surface area (Å²) >= 11 is 3.55. The highest BCUT2D eigenvalue weighted by molar-refractivity contribution is 9.10. The van der Waals surface area contributed by atoms with Crippen molar-refractivity contribution >= 4 is 27.4 Å². The van der Waals surface area contributed by atoms with Crippen LogP contribution >= 0.6 is 15.9 Å². The van der Waals surface area contributed by atoms with Crippen LogP contribution < -0.4 is 10.9 Å². The summed E-state index contributed by atoms with van der Waals surface area (Å²) in [5, 5.41) is 7.82. The van der Waals surface area contributed by atoms with Gasteiger partial charge in [0.1, 0.15) is 5.82 Å². The number of nitrogens with one attached hydrogen (secondary N) is 2. The van der Waals surface area contributed by atoms with Crippen LogP contribution in [0.1, 0.15) is 63.1 Å². The number of halogens is 1. The van der Waals surface area contributed by atoms with Gasteiger partial charge in [-0.1, -0.05) is 33.1 Å². The Bertz CT molecular complexity index is 943. The van der Waals surface area contributed by atoms with Crippen molar-refractivity contribution < 1.29 is 0 Å². The number of fused-ring (bicyclic) bond motifs is 1. The van der Waals surface area contributed by atoms with Crippen molar-refractivity contribution in [1.82, 2.24) is 19.6 Å². The van der Waals surface area contributed by atoms with Gasteiger partial charge in [0, 0.05) is 36.5 Å². The molecule has 0 saturated heterocycles. The molecule has 0 atom stereocenters. The Kier molecular flexibility index (Phi) is 6.66. The summed E-state index contributed by atoms with van der Waals surface area (Å²) in [6.45, 7) is 4.56. The SMILES string of the molecule is CC.O=c1cc(CNc2cc(C3CCCCC3)nc3c(Br)cnn23)cc[nH]1. The number of anilines is 1. The van der Waals surface area contributed by atoms with Gasteiger partial charge in [-0.15, -0.1) is 0 Å². The molecule has 3 heterocycles. The second-order valence-electron chi connectivity index (χ2n) is 6.54. The number of hydrogen-bond acceptors (Lipinski definition) is 4. The average Bonchev–Trinajstić information content (AvgIpc) is 3.09. The highest BCUT2D eigenvalue weighted by atomic mass is 79.9. The van der Waals surface area contributed by atoms with Crippen LogP contribution in [0, 0.1) is 0 Å². The fraction of sp³-hybridized carbons (Fsp3) is 0.450. The molecule has 0 spiro atoms. The Balaban J connectivity index is 0.00000102. The summed E-state index contributed by atoms with van der Waals surface area (Å²) in [6, 6.07) is 5.61. The molecule has 27 heavy (non-hydrogen) atoms. The lowest BCUT2D eigenvalue weighted by atomic mass is 9.87. The Morgan fingerprint density at radius 2 is 2.04 bits per heavy atom. The van der Waals surface area contributed by atoms with Crippen molar-refractivity contribution in [3.63, 3.8) is 0 Å². The summed E-state index contributed by atoms with van der Waals surface area (Å²) in [5.41, 5.74) is 2.79. The minimum atomic E-state index is -0.0936. The molecule has 4 rings (SSSR count). The fourth-order valence-corrected chi connectivity index (χ4v) is 3.83. The fourth-order valence-electron chi connectivity index (χ4n) is 3.48. The molecule has 1 aliphatic rings. The average molecular weight is 432 g/mol. The van der Waals surface area contributed by atoms with Crippen LogP contribution in [0.2, 0.25) is 0 Å². The van der Waals surface area contributed by atoms with Crippen molar-refractivity contribution in [2.45, 2.75) is 58.4 Å². The quantitative estimate of drug-likeness (QED) is 0.617. The maximum absolute atomic E-state index is 11.5. The molecule has 1 fully saturated rings. The highest BCUT2D eigenvalue weighted by Crippen LogP contribution is 2.33. The van der Waals surface area contributed by atoms with Gasteiger partial charge < -0.3 is 10.3 Å². The molecule has 1 saturated carbocycles. The van der Waals surface area contributed by atoms with E-state index in [-0.39, 0.29) is 5.56 Å². The van der Waals surface area contributed by atoms with E-state index in [1.807, 2.05) is 24.4 Å². The van der Waals surface area contributed by atoms with Gasteiger partial charge in [0.25, 0.3) is 0 Å². The van der Waals surface area contributed by atoms with E-state index in [1.165, 1.54) is 32.1 Å². The molecule has 0 bridgehead atoms. The van der Waals surface area contributed by atoms with Gasteiger partial charge in [-0.2, -0.15) is 9.61 Å². The monoisotopic (exact) mass is 431 g/mol. The smallest absolute Gasteiger partial charge is 0.248 e. The van der Waals surface area contributed by atoms with Crippen LogP contribution in [-0.4, -0.2) is 19.6 Å². The first-order valence-electron chi connectivity index (χ1n) is 9.66. The first-order valence-corrected chi connectivity index (χ1v) is 10.5. The number of nitrogens with zero attached hydrogens (tertiary/aromatic N) is 3. The van der Waals surface area contributed by atoms with E-state index in [2.05, 4.69) is 37.4 Å². The van der Waals surface area contributed by atoms with Crippen molar-refractivity contribution in [2.75, 3.05) is 5.32 Å². The molecule has 0 unspecified atom stereocenters. The van der Waals surface area contributed by atoms with Crippen molar-refractivity contribution in [1.29, 1.82) is 0 Å². The number of pyridine rings is 1. The van der Waals surface area contributed by atoms with Crippen LogP contribution in [-0.2, 0) is 6.54 Å². The number of aromatic amines is 1. The van der Waals surface area contributed by atoms with Gasteiger partial charge in [-0.05, 0) is 40.4 Å². The molecule has 0 radical (unpaired) electrons. The van der Waals surface area contributed by atoms with Gasteiger partial charge in [0.2, 0.25) is 5.56 Å². The van der Waals surface area contributed by atoms with E-state index in [0.717, 1.165) is 27.2 Å². The standard InChI is InChI=1S/C18H20BrN5O.C2H6/c19-14-11-22-24-16(21-10-12-6-7-20-17(25)8-12)9-15(23-18(14)24)13-4-2-1-3-5-13;1-2/h6-9,11,13,21H,1-5,10H2,(H,20,25);1-2H3. The Morgan fingerprint density at radius 1 is 1.26 bits per heavy atom. The molecule has 1 aliphatic carbocycles. The molecule has 144 valence electrons. The lowest BCUT2D eigenvalue weighted by Crippen LogP contribution is -2.12. The third-order valence-electron chi connectivity index (χ3n) is 4.79. The zero-order chi connectivity index (χ0) is 19.2. The molecule has 0 aliphatic heterocycles. The molecule has 7 heteroatoms. The van der Waals surface area contributed by atoms with E-state index in [1.54, 1.807) is 18.5 Å². The van der Waals surface area contributed by atoms with Crippen LogP contribution in [0.15, 0.2) is 39.9 Å². The van der Waals surface area contributed by atoms with Gasteiger partial charge in [-0.3, -0.25) is 4.79 Å². The maximum Gasteiger partial charge on any atom is 0.248 e. The lowest BCUT2D eigenvalue weighted by molar-refractivity contribution is 0.437. The second-order valence-corrected chi connectivity index (χ2v) is 7.40. The highest BCUT2D eigenvalue weighted by Gasteiger charge is 2.19. The van der Waals surface area contributed by atoms with Crippen molar-refractivity contribution in [3.05, 3.63) is 56.7 Å². The van der Waals surface area contributed by atoms with Crippen LogP contribution in [0.3, 0.4) is 0 Å². The number of aromatic nitrogens is 4. The minimum Gasteiger partial charge on any atom is -0.366 e.